The van der Waals surface area contributed by atoms with Crippen molar-refractivity contribution in [1.29, 1.82) is 5.26 Å². The van der Waals surface area contributed by atoms with Gasteiger partial charge >= 0.3 is 0 Å². The van der Waals surface area contributed by atoms with E-state index >= 15 is 0 Å². The Bertz CT molecular complexity index is 754. The highest BCUT2D eigenvalue weighted by Crippen LogP contribution is 2.28. The van der Waals surface area contributed by atoms with E-state index in [1.54, 1.807) is 0 Å². The minimum absolute atomic E-state index is 0.208. The summed E-state index contributed by atoms with van der Waals surface area (Å²) in [4.78, 5) is 2.22. The number of hydrogen-bond acceptors (Lipinski definition) is 2. The topological polar surface area (TPSA) is 27.0 Å². The fourth-order valence-corrected chi connectivity index (χ4v) is 2.81. The summed E-state index contributed by atoms with van der Waals surface area (Å²) in [5.74, 6) is -0.208. The van der Waals surface area contributed by atoms with Crippen LogP contribution < -0.4 is 4.90 Å². The van der Waals surface area contributed by atoms with Crippen LogP contribution >= 0.6 is 0 Å². The standard InChI is InChI=1S/C19H17FN2/c1-14-2-3-17(13-21)19(12-14)22-10-8-16(9-11-22)15-4-6-18(20)7-5-15/h2-8,12H,9-11H2,1H3. The summed E-state index contributed by atoms with van der Waals surface area (Å²) in [5.41, 5.74) is 5.18. The van der Waals surface area contributed by atoms with Crippen molar-refractivity contribution in [3.8, 4) is 6.07 Å². The van der Waals surface area contributed by atoms with Crippen LogP contribution in [-0.2, 0) is 0 Å². The Hall–Kier alpha value is -2.60. The number of nitriles is 1. The van der Waals surface area contributed by atoms with Gasteiger partial charge in [-0.2, -0.15) is 5.26 Å². The molecule has 2 aromatic carbocycles. The van der Waals surface area contributed by atoms with Crippen molar-refractivity contribution in [2.24, 2.45) is 0 Å². The van der Waals surface area contributed by atoms with Crippen molar-refractivity contribution in [3.63, 3.8) is 0 Å². The van der Waals surface area contributed by atoms with Crippen LogP contribution in [0.25, 0.3) is 5.57 Å². The second kappa shape index (κ2) is 6.03. The molecule has 1 aliphatic heterocycles. The Balaban J connectivity index is 1.83. The maximum Gasteiger partial charge on any atom is 0.123 e. The molecule has 0 fully saturated rings. The smallest absolute Gasteiger partial charge is 0.123 e. The first-order valence-corrected chi connectivity index (χ1v) is 7.38. The molecule has 0 bridgehead atoms. The molecule has 2 aromatic rings. The number of halogens is 1. The summed E-state index contributed by atoms with van der Waals surface area (Å²) in [6.45, 7) is 3.67. The lowest BCUT2D eigenvalue weighted by atomic mass is 9.98. The zero-order valence-corrected chi connectivity index (χ0v) is 12.5. The second-order valence-corrected chi connectivity index (χ2v) is 5.56. The summed E-state index contributed by atoms with van der Waals surface area (Å²) >= 11 is 0. The van der Waals surface area contributed by atoms with Crippen molar-refractivity contribution in [2.75, 3.05) is 18.0 Å². The molecule has 110 valence electrons. The highest BCUT2D eigenvalue weighted by Gasteiger charge is 2.16. The Morgan fingerprint density at radius 1 is 1.14 bits per heavy atom. The van der Waals surface area contributed by atoms with Gasteiger partial charge in [0.1, 0.15) is 11.9 Å². The first-order valence-electron chi connectivity index (χ1n) is 7.38. The van der Waals surface area contributed by atoms with Gasteiger partial charge in [0.2, 0.25) is 0 Å². The number of rotatable bonds is 2. The zero-order chi connectivity index (χ0) is 15.5. The molecule has 0 spiro atoms. The molecule has 0 saturated carbocycles. The van der Waals surface area contributed by atoms with Crippen LogP contribution in [-0.4, -0.2) is 13.1 Å². The first kappa shape index (κ1) is 14.3. The first-order chi connectivity index (χ1) is 10.7. The third kappa shape index (κ3) is 2.87. The fourth-order valence-electron chi connectivity index (χ4n) is 2.81. The highest BCUT2D eigenvalue weighted by atomic mass is 19.1. The van der Waals surface area contributed by atoms with Crippen LogP contribution in [0.15, 0.2) is 48.5 Å². The Kier molecular flexibility index (Phi) is 3.93. The van der Waals surface area contributed by atoms with Gasteiger partial charge in [-0.25, -0.2) is 4.39 Å². The van der Waals surface area contributed by atoms with E-state index in [0.717, 1.165) is 36.3 Å². The molecule has 1 aliphatic rings. The van der Waals surface area contributed by atoms with Gasteiger partial charge in [-0.05, 0) is 54.3 Å². The van der Waals surface area contributed by atoms with Crippen molar-refractivity contribution >= 4 is 11.3 Å². The Labute approximate surface area is 130 Å². The van der Waals surface area contributed by atoms with Gasteiger partial charge in [-0.3, -0.25) is 0 Å². The predicted molar refractivity (Wildman–Crippen MR) is 87.1 cm³/mol. The number of nitrogens with zero attached hydrogens (tertiary/aromatic N) is 2. The molecular formula is C19H17FN2. The lowest BCUT2D eigenvalue weighted by Gasteiger charge is -2.29. The molecule has 3 heteroatoms. The molecule has 0 N–H and O–H groups in total. The Morgan fingerprint density at radius 3 is 2.55 bits per heavy atom. The minimum Gasteiger partial charge on any atom is -0.366 e. The number of anilines is 1. The molecule has 0 aromatic heterocycles. The highest BCUT2D eigenvalue weighted by molar-refractivity contribution is 5.70. The van der Waals surface area contributed by atoms with Crippen LogP contribution in [0.4, 0.5) is 10.1 Å². The van der Waals surface area contributed by atoms with Gasteiger partial charge in [-0.15, -0.1) is 0 Å². The van der Waals surface area contributed by atoms with E-state index in [-0.39, 0.29) is 5.82 Å². The van der Waals surface area contributed by atoms with E-state index in [1.807, 2.05) is 31.2 Å². The van der Waals surface area contributed by atoms with Gasteiger partial charge in [0.15, 0.2) is 0 Å². The largest absolute Gasteiger partial charge is 0.366 e. The second-order valence-electron chi connectivity index (χ2n) is 5.56. The van der Waals surface area contributed by atoms with Gasteiger partial charge in [-0.1, -0.05) is 24.3 Å². The Morgan fingerprint density at radius 2 is 1.91 bits per heavy atom. The average molecular weight is 292 g/mol. The number of hydrogen-bond donors (Lipinski definition) is 0. The monoisotopic (exact) mass is 292 g/mol. The third-order valence-electron chi connectivity index (χ3n) is 4.04. The van der Waals surface area contributed by atoms with E-state index in [2.05, 4.69) is 23.1 Å². The van der Waals surface area contributed by atoms with Gasteiger partial charge in [0.25, 0.3) is 0 Å². The van der Waals surface area contributed by atoms with E-state index in [1.165, 1.54) is 17.7 Å². The molecule has 0 unspecified atom stereocenters. The molecule has 0 amide bonds. The van der Waals surface area contributed by atoms with Crippen LogP contribution in [0.5, 0.6) is 0 Å². The summed E-state index contributed by atoms with van der Waals surface area (Å²) in [7, 11) is 0. The summed E-state index contributed by atoms with van der Waals surface area (Å²) < 4.78 is 13.0. The lowest BCUT2D eigenvalue weighted by molar-refractivity contribution is 0.627. The summed E-state index contributed by atoms with van der Waals surface area (Å²) in [5, 5.41) is 9.27. The van der Waals surface area contributed by atoms with E-state index in [9.17, 15) is 9.65 Å². The summed E-state index contributed by atoms with van der Waals surface area (Å²) in [6.07, 6.45) is 3.06. The van der Waals surface area contributed by atoms with Crippen molar-refractivity contribution in [3.05, 3.63) is 71.0 Å². The van der Waals surface area contributed by atoms with Crippen molar-refractivity contribution in [2.45, 2.75) is 13.3 Å². The molecule has 0 saturated heterocycles. The normalized spacial score (nSPS) is 14.4. The molecule has 1 heterocycles. The molecule has 0 aliphatic carbocycles. The quantitative estimate of drug-likeness (QED) is 0.825. The van der Waals surface area contributed by atoms with Crippen molar-refractivity contribution in [1.82, 2.24) is 0 Å². The molecule has 0 radical (unpaired) electrons. The minimum atomic E-state index is -0.208. The lowest BCUT2D eigenvalue weighted by Crippen LogP contribution is -2.29. The van der Waals surface area contributed by atoms with Gasteiger partial charge in [0, 0.05) is 13.1 Å². The van der Waals surface area contributed by atoms with Gasteiger partial charge in [0.05, 0.1) is 11.3 Å². The van der Waals surface area contributed by atoms with E-state index in [4.69, 9.17) is 0 Å². The van der Waals surface area contributed by atoms with Crippen molar-refractivity contribution < 1.29 is 4.39 Å². The van der Waals surface area contributed by atoms with Gasteiger partial charge < -0.3 is 4.90 Å². The molecular weight excluding hydrogens is 275 g/mol. The molecule has 0 atom stereocenters. The molecule has 3 rings (SSSR count). The molecule has 22 heavy (non-hydrogen) atoms. The average Bonchev–Trinajstić information content (AvgIpc) is 2.56. The van der Waals surface area contributed by atoms with E-state index < -0.39 is 0 Å². The van der Waals surface area contributed by atoms with Crippen LogP contribution in [0.2, 0.25) is 0 Å². The predicted octanol–water partition coefficient (Wildman–Crippen LogP) is 4.30. The maximum absolute atomic E-state index is 13.0. The van der Waals surface area contributed by atoms with Crippen LogP contribution in [0.3, 0.4) is 0 Å². The van der Waals surface area contributed by atoms with Crippen LogP contribution in [0, 0.1) is 24.1 Å². The number of benzene rings is 2. The van der Waals surface area contributed by atoms with Crippen LogP contribution in [0.1, 0.15) is 23.1 Å². The fraction of sp³-hybridized carbons (Fsp3) is 0.211. The third-order valence-corrected chi connectivity index (χ3v) is 4.04. The molecule has 2 nitrogen and oxygen atoms in total. The summed E-state index contributed by atoms with van der Waals surface area (Å²) in [6, 6.07) is 14.8. The zero-order valence-electron chi connectivity index (χ0n) is 12.5. The maximum atomic E-state index is 13.0. The SMILES string of the molecule is Cc1ccc(C#N)c(N2CC=C(c3ccc(F)cc3)CC2)c1. The number of aryl methyl sites for hydroxylation is 1. The van der Waals surface area contributed by atoms with E-state index in [0.29, 0.717) is 5.56 Å².